The standard InChI is InChI=1S/C20H28N4O/c25-20(22-13-12-21-19-10-6-1-2-7-11-19)18-14-23-24(16-18)15-17-8-4-3-5-9-17/h3-5,8-9,14,16,19,21H,1-2,6-7,10-13,15H2,(H,22,25). The molecule has 0 bridgehead atoms. The molecule has 1 aromatic carbocycles. The van der Waals surface area contributed by atoms with Gasteiger partial charge < -0.3 is 10.6 Å². The summed E-state index contributed by atoms with van der Waals surface area (Å²) in [7, 11) is 0. The van der Waals surface area contributed by atoms with E-state index in [1.165, 1.54) is 44.1 Å². The minimum Gasteiger partial charge on any atom is -0.351 e. The molecule has 1 saturated carbocycles. The van der Waals surface area contributed by atoms with Gasteiger partial charge in [0.15, 0.2) is 0 Å². The summed E-state index contributed by atoms with van der Waals surface area (Å²) in [5, 5.41) is 10.8. The SMILES string of the molecule is O=C(NCCNC1CCCCCC1)c1cnn(Cc2ccccc2)c1. The molecule has 25 heavy (non-hydrogen) atoms. The third-order valence-electron chi connectivity index (χ3n) is 4.78. The Bertz CT molecular complexity index is 645. The lowest BCUT2D eigenvalue weighted by Crippen LogP contribution is -2.36. The highest BCUT2D eigenvalue weighted by Gasteiger charge is 2.12. The number of benzene rings is 1. The van der Waals surface area contributed by atoms with Crippen LogP contribution in [-0.4, -0.2) is 34.8 Å². The van der Waals surface area contributed by atoms with E-state index in [1.54, 1.807) is 17.1 Å². The lowest BCUT2D eigenvalue weighted by molar-refractivity contribution is 0.0953. The summed E-state index contributed by atoms with van der Waals surface area (Å²) in [5.41, 5.74) is 1.79. The van der Waals surface area contributed by atoms with E-state index in [9.17, 15) is 4.79 Å². The number of carbonyl (C=O) groups excluding carboxylic acids is 1. The lowest BCUT2D eigenvalue weighted by Gasteiger charge is -2.16. The topological polar surface area (TPSA) is 59.0 Å². The molecule has 1 amide bonds. The fourth-order valence-electron chi connectivity index (χ4n) is 3.38. The molecule has 0 saturated heterocycles. The van der Waals surface area contributed by atoms with Gasteiger partial charge in [0.1, 0.15) is 0 Å². The molecule has 2 aromatic rings. The van der Waals surface area contributed by atoms with Crippen LogP contribution in [0.4, 0.5) is 0 Å². The van der Waals surface area contributed by atoms with Crippen LogP contribution in [0.25, 0.3) is 0 Å². The number of nitrogens with one attached hydrogen (secondary N) is 2. The van der Waals surface area contributed by atoms with E-state index in [2.05, 4.69) is 27.9 Å². The number of hydrogen-bond acceptors (Lipinski definition) is 3. The summed E-state index contributed by atoms with van der Waals surface area (Å²) in [5.74, 6) is -0.0537. The van der Waals surface area contributed by atoms with Gasteiger partial charge in [-0.05, 0) is 18.4 Å². The number of rotatable bonds is 7. The molecule has 5 nitrogen and oxygen atoms in total. The summed E-state index contributed by atoms with van der Waals surface area (Å²) >= 11 is 0. The van der Waals surface area contributed by atoms with E-state index in [4.69, 9.17) is 0 Å². The first-order chi connectivity index (χ1) is 12.3. The predicted octanol–water partition coefficient (Wildman–Crippen LogP) is 2.97. The third kappa shape index (κ3) is 5.71. The first-order valence-corrected chi connectivity index (χ1v) is 9.39. The van der Waals surface area contributed by atoms with Crippen molar-refractivity contribution in [1.82, 2.24) is 20.4 Å². The summed E-state index contributed by atoms with van der Waals surface area (Å²) in [6.45, 7) is 2.16. The second-order valence-corrected chi connectivity index (χ2v) is 6.81. The highest BCUT2D eigenvalue weighted by molar-refractivity contribution is 5.93. The van der Waals surface area contributed by atoms with Crippen LogP contribution in [0.2, 0.25) is 0 Å². The van der Waals surface area contributed by atoms with Gasteiger partial charge in [-0.2, -0.15) is 5.10 Å². The monoisotopic (exact) mass is 340 g/mol. The molecule has 5 heteroatoms. The van der Waals surface area contributed by atoms with Crippen molar-refractivity contribution in [3.05, 3.63) is 53.9 Å². The maximum Gasteiger partial charge on any atom is 0.254 e. The molecule has 3 rings (SSSR count). The third-order valence-corrected chi connectivity index (χ3v) is 4.78. The minimum atomic E-state index is -0.0537. The van der Waals surface area contributed by atoms with Crippen molar-refractivity contribution in [3.8, 4) is 0 Å². The molecule has 0 radical (unpaired) electrons. The molecule has 0 atom stereocenters. The van der Waals surface area contributed by atoms with Crippen LogP contribution in [0.3, 0.4) is 0 Å². The molecule has 1 heterocycles. The van der Waals surface area contributed by atoms with Gasteiger partial charge in [0.05, 0.1) is 18.3 Å². The van der Waals surface area contributed by atoms with Crippen LogP contribution in [0.5, 0.6) is 0 Å². The van der Waals surface area contributed by atoms with Gasteiger partial charge in [-0.15, -0.1) is 0 Å². The molecular weight excluding hydrogens is 312 g/mol. The number of nitrogens with zero attached hydrogens (tertiary/aromatic N) is 2. The molecule has 0 spiro atoms. The molecule has 0 aliphatic heterocycles. The van der Waals surface area contributed by atoms with Crippen LogP contribution < -0.4 is 10.6 Å². The number of amides is 1. The molecule has 1 fully saturated rings. The molecule has 0 unspecified atom stereocenters. The second-order valence-electron chi connectivity index (χ2n) is 6.81. The lowest BCUT2D eigenvalue weighted by atomic mass is 10.1. The van der Waals surface area contributed by atoms with Crippen LogP contribution in [0.1, 0.15) is 54.4 Å². The Labute approximate surface area is 149 Å². The van der Waals surface area contributed by atoms with Crippen LogP contribution in [-0.2, 0) is 6.54 Å². The van der Waals surface area contributed by atoms with E-state index < -0.39 is 0 Å². The first-order valence-electron chi connectivity index (χ1n) is 9.39. The molecule has 1 aromatic heterocycles. The maximum absolute atomic E-state index is 12.2. The van der Waals surface area contributed by atoms with Crippen molar-refractivity contribution in [1.29, 1.82) is 0 Å². The number of aromatic nitrogens is 2. The predicted molar refractivity (Wildman–Crippen MR) is 99.6 cm³/mol. The van der Waals surface area contributed by atoms with Crippen molar-refractivity contribution < 1.29 is 4.79 Å². The number of hydrogen-bond donors (Lipinski definition) is 2. The minimum absolute atomic E-state index is 0.0537. The Hall–Kier alpha value is -2.14. The van der Waals surface area contributed by atoms with Crippen LogP contribution >= 0.6 is 0 Å². The molecular formula is C20H28N4O. The Kier molecular flexibility index (Phi) is 6.63. The highest BCUT2D eigenvalue weighted by Crippen LogP contribution is 2.16. The zero-order valence-electron chi connectivity index (χ0n) is 14.8. The smallest absolute Gasteiger partial charge is 0.254 e. The quantitative estimate of drug-likeness (QED) is 0.602. The second kappa shape index (κ2) is 9.37. The van der Waals surface area contributed by atoms with Gasteiger partial charge >= 0.3 is 0 Å². The van der Waals surface area contributed by atoms with Crippen molar-refractivity contribution >= 4 is 5.91 Å². The van der Waals surface area contributed by atoms with Gasteiger partial charge in [-0.25, -0.2) is 0 Å². The summed E-state index contributed by atoms with van der Waals surface area (Å²) in [4.78, 5) is 12.2. The van der Waals surface area contributed by atoms with Crippen molar-refractivity contribution in [2.75, 3.05) is 13.1 Å². The fourth-order valence-corrected chi connectivity index (χ4v) is 3.38. The Balaban J connectivity index is 1.39. The largest absolute Gasteiger partial charge is 0.351 e. The number of carbonyl (C=O) groups is 1. The van der Waals surface area contributed by atoms with E-state index in [1.807, 2.05) is 18.2 Å². The van der Waals surface area contributed by atoms with Crippen molar-refractivity contribution in [3.63, 3.8) is 0 Å². The van der Waals surface area contributed by atoms with E-state index in [-0.39, 0.29) is 5.91 Å². The zero-order chi connectivity index (χ0) is 17.3. The Morgan fingerprint density at radius 3 is 2.60 bits per heavy atom. The Morgan fingerprint density at radius 2 is 1.84 bits per heavy atom. The van der Waals surface area contributed by atoms with Gasteiger partial charge in [0.2, 0.25) is 0 Å². The van der Waals surface area contributed by atoms with Gasteiger partial charge in [-0.1, -0.05) is 56.0 Å². The Morgan fingerprint density at radius 1 is 1.08 bits per heavy atom. The molecule has 1 aliphatic rings. The molecule has 1 aliphatic carbocycles. The van der Waals surface area contributed by atoms with Gasteiger partial charge in [-0.3, -0.25) is 9.48 Å². The highest BCUT2D eigenvalue weighted by atomic mass is 16.1. The van der Waals surface area contributed by atoms with Crippen molar-refractivity contribution in [2.24, 2.45) is 0 Å². The van der Waals surface area contributed by atoms with Gasteiger partial charge in [0, 0.05) is 25.3 Å². The summed E-state index contributed by atoms with van der Waals surface area (Å²) < 4.78 is 1.80. The summed E-state index contributed by atoms with van der Waals surface area (Å²) in [6, 6.07) is 10.7. The average molecular weight is 340 g/mol. The average Bonchev–Trinajstić information content (AvgIpc) is 2.94. The molecule has 2 N–H and O–H groups in total. The summed E-state index contributed by atoms with van der Waals surface area (Å²) in [6.07, 6.45) is 11.3. The zero-order valence-corrected chi connectivity index (χ0v) is 14.8. The van der Waals surface area contributed by atoms with Crippen molar-refractivity contribution in [2.45, 2.75) is 51.1 Å². The first kappa shape index (κ1) is 17.7. The van der Waals surface area contributed by atoms with E-state index >= 15 is 0 Å². The van der Waals surface area contributed by atoms with E-state index in [0.29, 0.717) is 24.7 Å². The van der Waals surface area contributed by atoms with E-state index in [0.717, 1.165) is 6.54 Å². The maximum atomic E-state index is 12.2. The van der Waals surface area contributed by atoms with Crippen LogP contribution in [0, 0.1) is 0 Å². The molecule has 134 valence electrons. The van der Waals surface area contributed by atoms with Crippen LogP contribution in [0.15, 0.2) is 42.7 Å². The fraction of sp³-hybridized carbons (Fsp3) is 0.500. The normalized spacial score (nSPS) is 15.7. The van der Waals surface area contributed by atoms with Gasteiger partial charge in [0.25, 0.3) is 5.91 Å².